The van der Waals surface area contributed by atoms with Crippen molar-refractivity contribution in [2.45, 2.75) is 13.1 Å². The SMILES string of the molecule is Cc1nc(-c2ccc(C(F)(F)F)cc2)cc(=O)o1. The third-order valence-electron chi connectivity index (χ3n) is 2.29. The summed E-state index contributed by atoms with van der Waals surface area (Å²) in [5.41, 5.74) is -0.611. The Hall–Kier alpha value is -2.11. The molecule has 0 atom stereocenters. The fourth-order valence-corrected chi connectivity index (χ4v) is 1.49. The van der Waals surface area contributed by atoms with Gasteiger partial charge in [-0.15, -0.1) is 0 Å². The summed E-state index contributed by atoms with van der Waals surface area (Å²) in [6.45, 7) is 1.50. The number of aryl methyl sites for hydroxylation is 1. The van der Waals surface area contributed by atoms with Crippen molar-refractivity contribution in [1.82, 2.24) is 4.98 Å². The quantitative estimate of drug-likeness (QED) is 0.786. The Morgan fingerprint density at radius 1 is 1.17 bits per heavy atom. The molecule has 0 aliphatic rings. The van der Waals surface area contributed by atoms with E-state index in [-0.39, 0.29) is 11.6 Å². The Bertz CT molecular complexity index is 614. The average molecular weight is 255 g/mol. The van der Waals surface area contributed by atoms with Crippen LogP contribution < -0.4 is 5.63 Å². The van der Waals surface area contributed by atoms with Gasteiger partial charge in [0.05, 0.1) is 17.3 Å². The smallest absolute Gasteiger partial charge is 0.409 e. The van der Waals surface area contributed by atoms with Crippen molar-refractivity contribution < 1.29 is 17.6 Å². The Morgan fingerprint density at radius 2 is 1.78 bits per heavy atom. The molecule has 0 fully saturated rings. The number of hydrogen-bond acceptors (Lipinski definition) is 3. The molecular weight excluding hydrogens is 247 g/mol. The molecule has 3 nitrogen and oxygen atoms in total. The first-order valence-electron chi connectivity index (χ1n) is 5.03. The molecule has 0 spiro atoms. The van der Waals surface area contributed by atoms with Gasteiger partial charge in [0.2, 0.25) is 0 Å². The summed E-state index contributed by atoms with van der Waals surface area (Å²) in [6, 6.07) is 5.56. The van der Waals surface area contributed by atoms with Crippen molar-refractivity contribution in [2.75, 3.05) is 0 Å². The summed E-state index contributed by atoms with van der Waals surface area (Å²) in [4.78, 5) is 15.1. The largest absolute Gasteiger partial charge is 0.416 e. The Kier molecular flexibility index (Phi) is 2.94. The van der Waals surface area contributed by atoms with E-state index in [1.807, 2.05) is 0 Å². The van der Waals surface area contributed by atoms with E-state index in [2.05, 4.69) is 9.40 Å². The number of alkyl halides is 3. The maximum absolute atomic E-state index is 12.4. The first-order valence-corrected chi connectivity index (χ1v) is 5.03. The highest BCUT2D eigenvalue weighted by atomic mass is 19.4. The van der Waals surface area contributed by atoms with Gasteiger partial charge in [0, 0.05) is 12.5 Å². The van der Waals surface area contributed by atoms with Gasteiger partial charge in [0.15, 0.2) is 5.89 Å². The molecule has 2 rings (SSSR count). The van der Waals surface area contributed by atoms with Crippen LogP contribution >= 0.6 is 0 Å². The first kappa shape index (κ1) is 12.3. The zero-order chi connectivity index (χ0) is 13.3. The van der Waals surface area contributed by atoms with Crippen molar-refractivity contribution in [2.24, 2.45) is 0 Å². The molecule has 18 heavy (non-hydrogen) atoms. The predicted molar refractivity (Wildman–Crippen MR) is 57.9 cm³/mol. The van der Waals surface area contributed by atoms with E-state index < -0.39 is 17.4 Å². The number of benzene rings is 1. The molecule has 0 aliphatic heterocycles. The summed E-state index contributed by atoms with van der Waals surface area (Å²) in [5.74, 6) is 0.164. The van der Waals surface area contributed by atoms with Gasteiger partial charge in [-0.25, -0.2) is 9.78 Å². The van der Waals surface area contributed by atoms with Crippen LogP contribution in [0.3, 0.4) is 0 Å². The minimum absolute atomic E-state index is 0.164. The molecule has 2 aromatic rings. The first-order chi connectivity index (χ1) is 8.36. The summed E-state index contributed by atoms with van der Waals surface area (Å²) >= 11 is 0. The van der Waals surface area contributed by atoms with Crippen molar-refractivity contribution in [1.29, 1.82) is 0 Å². The Morgan fingerprint density at radius 3 is 2.28 bits per heavy atom. The fourth-order valence-electron chi connectivity index (χ4n) is 1.49. The lowest BCUT2D eigenvalue weighted by molar-refractivity contribution is -0.137. The minimum atomic E-state index is -4.38. The van der Waals surface area contributed by atoms with Gasteiger partial charge < -0.3 is 4.42 Å². The number of hydrogen-bond donors (Lipinski definition) is 0. The molecule has 6 heteroatoms. The van der Waals surface area contributed by atoms with E-state index in [0.717, 1.165) is 18.2 Å². The van der Waals surface area contributed by atoms with Crippen LogP contribution in [0.5, 0.6) is 0 Å². The second kappa shape index (κ2) is 4.29. The van der Waals surface area contributed by atoms with E-state index in [4.69, 9.17) is 0 Å². The number of rotatable bonds is 1. The molecule has 0 aliphatic carbocycles. The van der Waals surface area contributed by atoms with Gasteiger partial charge in [-0.3, -0.25) is 0 Å². The van der Waals surface area contributed by atoms with Crippen molar-refractivity contribution in [3.8, 4) is 11.3 Å². The van der Waals surface area contributed by atoms with Gasteiger partial charge in [0.25, 0.3) is 0 Å². The van der Waals surface area contributed by atoms with Gasteiger partial charge >= 0.3 is 11.8 Å². The fraction of sp³-hybridized carbons (Fsp3) is 0.167. The van der Waals surface area contributed by atoms with Crippen molar-refractivity contribution in [3.63, 3.8) is 0 Å². The molecule has 0 saturated carbocycles. The topological polar surface area (TPSA) is 43.1 Å². The molecule has 1 aromatic heterocycles. The van der Waals surface area contributed by atoms with Crippen LogP contribution in [-0.4, -0.2) is 4.98 Å². The van der Waals surface area contributed by atoms with Gasteiger partial charge in [0.1, 0.15) is 0 Å². The average Bonchev–Trinajstić information content (AvgIpc) is 2.27. The summed E-state index contributed by atoms with van der Waals surface area (Å²) in [7, 11) is 0. The normalized spacial score (nSPS) is 11.6. The number of nitrogens with zero attached hydrogens (tertiary/aromatic N) is 1. The lowest BCUT2D eigenvalue weighted by atomic mass is 10.1. The summed E-state index contributed by atoms with van der Waals surface area (Å²) < 4.78 is 41.8. The lowest BCUT2D eigenvalue weighted by Crippen LogP contribution is -2.05. The van der Waals surface area contributed by atoms with Gasteiger partial charge in [-0.2, -0.15) is 13.2 Å². The van der Waals surface area contributed by atoms with Gasteiger partial charge in [-0.1, -0.05) is 12.1 Å². The second-order valence-corrected chi connectivity index (χ2v) is 3.66. The summed E-state index contributed by atoms with van der Waals surface area (Å²) in [6.07, 6.45) is -4.38. The monoisotopic (exact) mass is 255 g/mol. The van der Waals surface area contributed by atoms with E-state index >= 15 is 0 Å². The molecule has 1 heterocycles. The third-order valence-corrected chi connectivity index (χ3v) is 2.29. The van der Waals surface area contributed by atoms with Crippen molar-refractivity contribution >= 4 is 0 Å². The molecule has 1 aromatic carbocycles. The lowest BCUT2D eigenvalue weighted by Gasteiger charge is -2.07. The highest BCUT2D eigenvalue weighted by Gasteiger charge is 2.30. The number of halogens is 3. The molecule has 0 N–H and O–H groups in total. The third kappa shape index (κ3) is 2.58. The molecule has 94 valence electrons. The highest BCUT2D eigenvalue weighted by molar-refractivity contribution is 5.58. The van der Waals surface area contributed by atoms with Crippen LogP contribution in [0.15, 0.2) is 39.5 Å². The van der Waals surface area contributed by atoms with E-state index in [1.54, 1.807) is 0 Å². The summed E-state index contributed by atoms with van der Waals surface area (Å²) in [5, 5.41) is 0. The van der Waals surface area contributed by atoms with Crippen LogP contribution in [0.1, 0.15) is 11.5 Å². The second-order valence-electron chi connectivity index (χ2n) is 3.66. The van der Waals surface area contributed by atoms with Crippen LogP contribution in [-0.2, 0) is 6.18 Å². The van der Waals surface area contributed by atoms with Crippen molar-refractivity contribution in [3.05, 3.63) is 52.2 Å². The molecule has 0 unspecified atom stereocenters. The van der Waals surface area contributed by atoms with E-state index in [9.17, 15) is 18.0 Å². The van der Waals surface area contributed by atoms with E-state index in [1.165, 1.54) is 19.1 Å². The Balaban J connectivity index is 2.43. The van der Waals surface area contributed by atoms with Crippen LogP contribution in [0.25, 0.3) is 11.3 Å². The molecule has 0 amide bonds. The predicted octanol–water partition coefficient (Wildman–Crippen LogP) is 3.03. The van der Waals surface area contributed by atoms with Gasteiger partial charge in [-0.05, 0) is 12.1 Å². The van der Waals surface area contributed by atoms with Crippen LogP contribution in [0.4, 0.5) is 13.2 Å². The maximum Gasteiger partial charge on any atom is 0.416 e. The number of aromatic nitrogens is 1. The van der Waals surface area contributed by atoms with Crippen LogP contribution in [0, 0.1) is 6.92 Å². The zero-order valence-electron chi connectivity index (χ0n) is 9.28. The zero-order valence-corrected chi connectivity index (χ0v) is 9.28. The molecule has 0 radical (unpaired) electrons. The molecular formula is C12H8F3NO2. The molecule has 0 bridgehead atoms. The highest BCUT2D eigenvalue weighted by Crippen LogP contribution is 2.30. The standard InChI is InChI=1S/C12H8F3NO2/c1-7-16-10(6-11(17)18-7)8-2-4-9(5-3-8)12(13,14)15/h2-6H,1H3. The minimum Gasteiger partial charge on any atom is -0.409 e. The molecule has 0 saturated heterocycles. The maximum atomic E-state index is 12.4. The van der Waals surface area contributed by atoms with Crippen LogP contribution in [0.2, 0.25) is 0 Å². The van der Waals surface area contributed by atoms with E-state index in [0.29, 0.717) is 5.56 Å². The Labute approximate surface area is 99.9 Å².